The first-order valence-electron chi connectivity index (χ1n) is 7.06. The van der Waals surface area contributed by atoms with E-state index < -0.39 is 0 Å². The van der Waals surface area contributed by atoms with Crippen LogP contribution in [0.1, 0.15) is 17.9 Å². The lowest BCUT2D eigenvalue weighted by Crippen LogP contribution is -2.33. The van der Waals surface area contributed by atoms with E-state index >= 15 is 0 Å². The maximum absolute atomic E-state index is 11.0. The van der Waals surface area contributed by atoms with Gasteiger partial charge in [-0.25, -0.2) is 0 Å². The highest BCUT2D eigenvalue weighted by atomic mass is 32.1. The van der Waals surface area contributed by atoms with Crippen molar-refractivity contribution in [3.05, 3.63) is 62.0 Å². The Kier molecular flexibility index (Phi) is 3.24. The van der Waals surface area contributed by atoms with Crippen molar-refractivity contribution in [2.45, 2.75) is 12.3 Å². The van der Waals surface area contributed by atoms with Crippen molar-refractivity contribution in [3.8, 4) is 0 Å². The molecule has 7 heteroatoms. The van der Waals surface area contributed by atoms with E-state index in [0.717, 1.165) is 29.0 Å². The number of hydrogen-bond donors (Lipinski definition) is 1. The maximum Gasteiger partial charge on any atom is 0.324 e. The SMILES string of the molecule is O=[N+]([O-])c1cc(C2C3=CCOC=C3NC3=C2CCOC3)cs1. The van der Waals surface area contributed by atoms with E-state index in [2.05, 4.69) is 11.4 Å². The van der Waals surface area contributed by atoms with Crippen LogP contribution in [-0.4, -0.2) is 24.7 Å². The fourth-order valence-electron chi connectivity index (χ4n) is 3.17. The molecule has 1 aromatic rings. The van der Waals surface area contributed by atoms with Crippen LogP contribution in [0, 0.1) is 10.1 Å². The molecule has 1 atom stereocenters. The minimum Gasteiger partial charge on any atom is -0.495 e. The van der Waals surface area contributed by atoms with Gasteiger partial charge in [0.25, 0.3) is 0 Å². The molecule has 0 saturated carbocycles. The van der Waals surface area contributed by atoms with Gasteiger partial charge in [0.1, 0.15) is 12.9 Å². The molecule has 114 valence electrons. The third-order valence-electron chi connectivity index (χ3n) is 4.13. The number of thiophene rings is 1. The first-order valence-corrected chi connectivity index (χ1v) is 7.93. The van der Waals surface area contributed by atoms with Crippen LogP contribution in [0.3, 0.4) is 0 Å². The zero-order chi connectivity index (χ0) is 15.1. The molecule has 1 unspecified atom stereocenters. The largest absolute Gasteiger partial charge is 0.495 e. The van der Waals surface area contributed by atoms with Crippen molar-refractivity contribution in [1.29, 1.82) is 0 Å². The minimum atomic E-state index is -0.330. The molecule has 0 radical (unpaired) electrons. The van der Waals surface area contributed by atoms with Crippen molar-refractivity contribution in [2.24, 2.45) is 0 Å². The molecule has 0 spiro atoms. The van der Waals surface area contributed by atoms with E-state index in [1.165, 1.54) is 16.9 Å². The van der Waals surface area contributed by atoms with Gasteiger partial charge in [-0.2, -0.15) is 0 Å². The summed E-state index contributed by atoms with van der Waals surface area (Å²) in [5, 5.41) is 16.4. The summed E-state index contributed by atoms with van der Waals surface area (Å²) in [6.07, 6.45) is 4.61. The molecule has 0 aliphatic carbocycles. The van der Waals surface area contributed by atoms with Gasteiger partial charge in [-0.3, -0.25) is 10.1 Å². The first kappa shape index (κ1) is 13.5. The molecular formula is C15H14N2O4S. The monoisotopic (exact) mass is 318 g/mol. The normalized spacial score (nSPS) is 23.5. The highest BCUT2D eigenvalue weighted by Gasteiger charge is 2.35. The molecule has 0 bridgehead atoms. The lowest BCUT2D eigenvalue weighted by Gasteiger charge is -2.37. The molecule has 0 aromatic carbocycles. The van der Waals surface area contributed by atoms with Crippen molar-refractivity contribution in [3.63, 3.8) is 0 Å². The Hall–Kier alpha value is -2.12. The van der Waals surface area contributed by atoms with E-state index in [1.807, 2.05) is 5.38 Å². The summed E-state index contributed by atoms with van der Waals surface area (Å²) >= 11 is 1.18. The summed E-state index contributed by atoms with van der Waals surface area (Å²) in [7, 11) is 0. The van der Waals surface area contributed by atoms with Gasteiger partial charge in [-0.05, 0) is 29.2 Å². The highest BCUT2D eigenvalue weighted by molar-refractivity contribution is 7.13. The second-order valence-electron chi connectivity index (χ2n) is 5.36. The molecule has 0 fully saturated rings. The Morgan fingerprint density at radius 1 is 1.45 bits per heavy atom. The van der Waals surface area contributed by atoms with Crippen LogP contribution in [0.4, 0.5) is 5.00 Å². The number of nitrogens with one attached hydrogen (secondary N) is 1. The second-order valence-corrected chi connectivity index (χ2v) is 6.25. The van der Waals surface area contributed by atoms with Gasteiger partial charge in [0.2, 0.25) is 0 Å². The smallest absolute Gasteiger partial charge is 0.324 e. The molecule has 0 saturated heterocycles. The van der Waals surface area contributed by atoms with Crippen LogP contribution in [0.15, 0.2) is 46.3 Å². The Labute approximate surface area is 130 Å². The fourth-order valence-corrected chi connectivity index (χ4v) is 3.93. The zero-order valence-corrected chi connectivity index (χ0v) is 12.5. The molecular weight excluding hydrogens is 304 g/mol. The van der Waals surface area contributed by atoms with Crippen molar-refractivity contribution in [1.82, 2.24) is 5.32 Å². The number of rotatable bonds is 2. The average molecular weight is 318 g/mol. The number of nitro groups is 1. The topological polar surface area (TPSA) is 73.6 Å². The van der Waals surface area contributed by atoms with E-state index in [4.69, 9.17) is 9.47 Å². The van der Waals surface area contributed by atoms with E-state index in [0.29, 0.717) is 19.8 Å². The average Bonchev–Trinajstić information content (AvgIpc) is 3.02. The zero-order valence-electron chi connectivity index (χ0n) is 11.7. The van der Waals surface area contributed by atoms with Crippen molar-refractivity contribution >= 4 is 16.3 Å². The summed E-state index contributed by atoms with van der Waals surface area (Å²) in [5.41, 5.74) is 5.36. The molecule has 3 aliphatic heterocycles. The predicted octanol–water partition coefficient (Wildman–Crippen LogP) is 2.82. The van der Waals surface area contributed by atoms with E-state index in [1.54, 1.807) is 12.3 Å². The van der Waals surface area contributed by atoms with Crippen LogP contribution in [0.25, 0.3) is 0 Å². The fraction of sp³-hybridized carbons (Fsp3) is 0.333. The quantitative estimate of drug-likeness (QED) is 0.670. The first-order chi connectivity index (χ1) is 10.7. The standard InChI is InChI=1S/C15H14N2O4S/c18-17(19)14-5-9(8-22-14)15-10-1-3-20-6-12(10)16-13-7-21-4-2-11(13)15/h1,5-6,8,15-16H,2-4,7H2. The number of allylic oxidation sites excluding steroid dienone is 1. The predicted molar refractivity (Wildman–Crippen MR) is 81.4 cm³/mol. The number of nitrogens with zero attached hydrogens (tertiary/aromatic N) is 1. The molecule has 4 heterocycles. The van der Waals surface area contributed by atoms with Gasteiger partial charge in [0, 0.05) is 23.1 Å². The third kappa shape index (κ3) is 2.13. The van der Waals surface area contributed by atoms with Gasteiger partial charge in [0.05, 0.1) is 23.8 Å². The van der Waals surface area contributed by atoms with Gasteiger partial charge < -0.3 is 14.8 Å². The lowest BCUT2D eigenvalue weighted by molar-refractivity contribution is -0.380. The summed E-state index contributed by atoms with van der Waals surface area (Å²) < 4.78 is 10.9. The Bertz CT molecular complexity index is 732. The number of ether oxygens (including phenoxy) is 2. The highest BCUT2D eigenvalue weighted by Crippen LogP contribution is 2.45. The molecule has 6 nitrogen and oxygen atoms in total. The Balaban J connectivity index is 1.83. The van der Waals surface area contributed by atoms with Gasteiger partial charge in [-0.1, -0.05) is 11.3 Å². The molecule has 1 aromatic heterocycles. The molecule has 0 amide bonds. The summed E-state index contributed by atoms with van der Waals surface area (Å²) in [5.74, 6) is 0.0558. The van der Waals surface area contributed by atoms with Crippen LogP contribution in [0.2, 0.25) is 0 Å². The van der Waals surface area contributed by atoms with Gasteiger partial charge in [0.15, 0.2) is 0 Å². The summed E-state index contributed by atoms with van der Waals surface area (Å²) in [6, 6.07) is 1.69. The van der Waals surface area contributed by atoms with Crippen LogP contribution < -0.4 is 5.32 Å². The summed E-state index contributed by atoms with van der Waals surface area (Å²) in [4.78, 5) is 10.7. The van der Waals surface area contributed by atoms with Crippen molar-refractivity contribution in [2.75, 3.05) is 19.8 Å². The molecule has 4 rings (SSSR count). The van der Waals surface area contributed by atoms with Crippen LogP contribution >= 0.6 is 11.3 Å². The van der Waals surface area contributed by atoms with Crippen molar-refractivity contribution < 1.29 is 14.4 Å². The number of hydrogen-bond acceptors (Lipinski definition) is 6. The van der Waals surface area contributed by atoms with E-state index in [9.17, 15) is 10.1 Å². The summed E-state index contributed by atoms with van der Waals surface area (Å²) in [6.45, 7) is 1.76. The van der Waals surface area contributed by atoms with Crippen LogP contribution in [-0.2, 0) is 9.47 Å². The Morgan fingerprint density at radius 2 is 2.36 bits per heavy atom. The maximum atomic E-state index is 11.0. The van der Waals surface area contributed by atoms with E-state index in [-0.39, 0.29) is 15.8 Å². The van der Waals surface area contributed by atoms with Crippen LogP contribution in [0.5, 0.6) is 0 Å². The molecule has 1 N–H and O–H groups in total. The third-order valence-corrected chi connectivity index (χ3v) is 5.02. The van der Waals surface area contributed by atoms with Gasteiger partial charge >= 0.3 is 5.00 Å². The minimum absolute atomic E-state index is 0.0558. The lowest BCUT2D eigenvalue weighted by atomic mass is 9.78. The Morgan fingerprint density at radius 3 is 3.18 bits per heavy atom. The second kappa shape index (κ2) is 5.26. The molecule has 22 heavy (non-hydrogen) atoms. The van der Waals surface area contributed by atoms with Gasteiger partial charge in [-0.15, -0.1) is 0 Å². The number of fused-ring (bicyclic) bond motifs is 1. The molecule has 3 aliphatic rings.